The van der Waals surface area contributed by atoms with Crippen LogP contribution in [0.25, 0.3) is 0 Å². The van der Waals surface area contributed by atoms with Gasteiger partial charge in [-0.1, -0.05) is 17.3 Å². The molecule has 74 valence electrons. The van der Waals surface area contributed by atoms with Crippen LogP contribution in [0.2, 0.25) is 0 Å². The fraction of sp³-hybridized carbons (Fsp3) is 0.333. The van der Waals surface area contributed by atoms with Crippen LogP contribution in [0.3, 0.4) is 0 Å². The Morgan fingerprint density at radius 3 is 2.93 bits per heavy atom. The zero-order valence-electron chi connectivity index (χ0n) is 7.50. The first-order valence-corrected chi connectivity index (χ1v) is 5.26. The summed E-state index contributed by atoms with van der Waals surface area (Å²) in [6.07, 6.45) is 0.586. The normalized spacial score (nSPS) is 9.29. The molecule has 1 rings (SSSR count). The Bertz CT molecular complexity index is 403. The van der Waals surface area contributed by atoms with E-state index in [0.717, 1.165) is 11.3 Å². The Hall–Kier alpha value is -1.05. The second-order valence-electron chi connectivity index (χ2n) is 2.48. The highest BCUT2D eigenvalue weighted by Crippen LogP contribution is 2.16. The molecule has 1 aromatic heterocycles. The van der Waals surface area contributed by atoms with E-state index < -0.39 is 5.97 Å². The minimum Gasteiger partial charge on any atom is -0.477 e. The summed E-state index contributed by atoms with van der Waals surface area (Å²) in [6, 6.07) is 0. The van der Waals surface area contributed by atoms with Gasteiger partial charge in [0.1, 0.15) is 4.88 Å². The summed E-state index contributed by atoms with van der Waals surface area (Å²) >= 11 is 6.53. The van der Waals surface area contributed by atoms with E-state index in [4.69, 9.17) is 16.7 Å². The van der Waals surface area contributed by atoms with Gasteiger partial charge in [0, 0.05) is 12.3 Å². The van der Waals surface area contributed by atoms with Crippen LogP contribution in [0.4, 0.5) is 0 Å². The van der Waals surface area contributed by atoms with Crippen LogP contribution in [-0.2, 0) is 0 Å². The lowest BCUT2D eigenvalue weighted by Crippen LogP contribution is -1.94. The quantitative estimate of drug-likeness (QED) is 0.624. The molecular formula is C9H8ClNO2S. The molecule has 3 nitrogen and oxygen atoms in total. The summed E-state index contributed by atoms with van der Waals surface area (Å²) < 4.78 is 0. The van der Waals surface area contributed by atoms with Crippen molar-refractivity contribution < 1.29 is 9.90 Å². The highest BCUT2D eigenvalue weighted by atomic mass is 35.5. The van der Waals surface area contributed by atoms with Gasteiger partial charge in [0.2, 0.25) is 0 Å². The summed E-state index contributed by atoms with van der Waals surface area (Å²) in [6.45, 7) is 1.66. The summed E-state index contributed by atoms with van der Waals surface area (Å²) in [5.41, 5.74) is 0.512. The van der Waals surface area contributed by atoms with Crippen molar-refractivity contribution >= 4 is 28.9 Å². The van der Waals surface area contributed by atoms with Gasteiger partial charge in [0.15, 0.2) is 5.01 Å². The van der Waals surface area contributed by atoms with Gasteiger partial charge in [0.05, 0.1) is 5.69 Å². The maximum Gasteiger partial charge on any atom is 0.347 e. The number of carboxylic acids is 1. The number of carboxylic acid groups (broad SMARTS) is 1. The lowest BCUT2D eigenvalue weighted by atomic mass is 10.4. The number of aromatic carboxylic acids is 1. The highest BCUT2D eigenvalue weighted by Gasteiger charge is 2.12. The average Bonchev–Trinajstić information content (AvgIpc) is 2.47. The number of carbonyl (C=O) groups is 1. The largest absolute Gasteiger partial charge is 0.477 e. The maximum atomic E-state index is 10.7. The van der Waals surface area contributed by atoms with Crippen LogP contribution in [0.5, 0.6) is 0 Å². The molecule has 0 aliphatic rings. The molecule has 0 saturated heterocycles. The Morgan fingerprint density at radius 2 is 2.43 bits per heavy atom. The molecule has 0 atom stereocenters. The second-order valence-corrected chi connectivity index (χ2v) is 3.86. The van der Waals surface area contributed by atoms with Gasteiger partial charge in [-0.3, -0.25) is 0 Å². The smallest absolute Gasteiger partial charge is 0.347 e. The molecule has 1 heterocycles. The van der Waals surface area contributed by atoms with Crippen LogP contribution in [-0.4, -0.2) is 21.9 Å². The predicted octanol–water partition coefficient (Wildman–Crippen LogP) is 2.13. The molecule has 0 bridgehead atoms. The van der Waals surface area contributed by atoms with Gasteiger partial charge >= 0.3 is 5.97 Å². The molecule has 0 unspecified atom stereocenters. The Labute approximate surface area is 90.7 Å². The average molecular weight is 230 g/mol. The van der Waals surface area contributed by atoms with Crippen molar-refractivity contribution in [2.75, 3.05) is 5.88 Å². The second kappa shape index (κ2) is 4.99. The molecule has 0 saturated carbocycles. The van der Waals surface area contributed by atoms with Gasteiger partial charge in [-0.2, -0.15) is 0 Å². The van der Waals surface area contributed by atoms with E-state index in [1.54, 1.807) is 6.92 Å². The molecule has 1 aromatic rings. The fourth-order valence-electron chi connectivity index (χ4n) is 0.834. The topological polar surface area (TPSA) is 50.2 Å². The summed E-state index contributed by atoms with van der Waals surface area (Å²) in [4.78, 5) is 14.9. The van der Waals surface area contributed by atoms with E-state index in [9.17, 15) is 4.79 Å². The standard InChI is InChI=1S/C9H8ClNO2S/c1-6-8(9(12)13)14-7(11-6)4-2-3-5-10/h3,5H2,1H3,(H,12,13). The first kappa shape index (κ1) is 11.0. The highest BCUT2D eigenvalue weighted by molar-refractivity contribution is 7.14. The van der Waals surface area contributed by atoms with E-state index >= 15 is 0 Å². The lowest BCUT2D eigenvalue weighted by molar-refractivity contribution is 0.0701. The van der Waals surface area contributed by atoms with Crippen LogP contribution in [0.1, 0.15) is 26.8 Å². The van der Waals surface area contributed by atoms with Gasteiger partial charge in [-0.25, -0.2) is 9.78 Å². The number of hydrogen-bond donors (Lipinski definition) is 1. The van der Waals surface area contributed by atoms with Crippen molar-refractivity contribution in [3.63, 3.8) is 0 Å². The number of hydrogen-bond acceptors (Lipinski definition) is 3. The van der Waals surface area contributed by atoms with Gasteiger partial charge in [-0.05, 0) is 12.8 Å². The molecule has 0 spiro atoms. The first-order chi connectivity index (χ1) is 6.65. The molecule has 0 amide bonds. The predicted molar refractivity (Wildman–Crippen MR) is 56.0 cm³/mol. The minimum absolute atomic E-state index is 0.250. The lowest BCUT2D eigenvalue weighted by Gasteiger charge is -1.84. The Balaban J connectivity index is 2.88. The SMILES string of the molecule is Cc1nc(C#CCCCl)sc1C(=O)O. The minimum atomic E-state index is -0.953. The molecule has 14 heavy (non-hydrogen) atoms. The number of halogens is 1. The van der Waals surface area contributed by atoms with E-state index in [0.29, 0.717) is 23.0 Å². The van der Waals surface area contributed by atoms with Crippen LogP contribution in [0.15, 0.2) is 0 Å². The van der Waals surface area contributed by atoms with Crippen molar-refractivity contribution in [1.82, 2.24) is 4.98 Å². The van der Waals surface area contributed by atoms with E-state index in [1.165, 1.54) is 0 Å². The van der Waals surface area contributed by atoms with Crippen LogP contribution < -0.4 is 0 Å². The first-order valence-electron chi connectivity index (χ1n) is 3.90. The van der Waals surface area contributed by atoms with Crippen molar-refractivity contribution in [3.8, 4) is 11.8 Å². The van der Waals surface area contributed by atoms with Crippen LogP contribution >= 0.6 is 22.9 Å². The third kappa shape index (κ3) is 2.72. The monoisotopic (exact) mass is 229 g/mol. The Morgan fingerprint density at radius 1 is 1.71 bits per heavy atom. The molecule has 0 aromatic carbocycles. The van der Waals surface area contributed by atoms with Crippen molar-refractivity contribution in [3.05, 3.63) is 15.6 Å². The van der Waals surface area contributed by atoms with E-state index in [-0.39, 0.29) is 4.88 Å². The summed E-state index contributed by atoms with van der Waals surface area (Å²) in [5.74, 6) is 5.10. The van der Waals surface area contributed by atoms with Crippen molar-refractivity contribution in [1.29, 1.82) is 0 Å². The molecule has 5 heteroatoms. The zero-order chi connectivity index (χ0) is 10.6. The van der Waals surface area contributed by atoms with Gasteiger partial charge < -0.3 is 5.11 Å². The van der Waals surface area contributed by atoms with Crippen molar-refractivity contribution in [2.45, 2.75) is 13.3 Å². The number of nitrogens with zero attached hydrogens (tertiary/aromatic N) is 1. The number of aromatic nitrogens is 1. The Kier molecular flexibility index (Phi) is 3.93. The summed E-state index contributed by atoms with van der Waals surface area (Å²) in [7, 11) is 0. The molecule has 0 radical (unpaired) electrons. The fourth-order valence-corrected chi connectivity index (χ4v) is 1.71. The molecule has 0 fully saturated rings. The molecule has 0 aliphatic heterocycles. The van der Waals surface area contributed by atoms with Crippen molar-refractivity contribution in [2.24, 2.45) is 0 Å². The van der Waals surface area contributed by atoms with E-state index in [1.807, 2.05) is 0 Å². The number of thiazole rings is 1. The van der Waals surface area contributed by atoms with E-state index in [2.05, 4.69) is 16.8 Å². The number of alkyl halides is 1. The third-order valence-electron chi connectivity index (χ3n) is 1.41. The number of aryl methyl sites for hydroxylation is 1. The summed E-state index contributed by atoms with van der Waals surface area (Å²) in [5, 5.41) is 9.28. The zero-order valence-corrected chi connectivity index (χ0v) is 9.08. The van der Waals surface area contributed by atoms with Gasteiger partial charge in [-0.15, -0.1) is 11.6 Å². The molecule has 0 aliphatic carbocycles. The maximum absolute atomic E-state index is 10.7. The third-order valence-corrected chi connectivity index (χ3v) is 2.66. The van der Waals surface area contributed by atoms with Gasteiger partial charge in [0.25, 0.3) is 0 Å². The number of rotatable bonds is 2. The molecule has 1 N–H and O–H groups in total. The molecular weight excluding hydrogens is 222 g/mol. The van der Waals surface area contributed by atoms with Crippen LogP contribution in [0, 0.1) is 18.8 Å².